The molecule has 0 radical (unpaired) electrons. The molecule has 0 aliphatic heterocycles. The van der Waals surface area contributed by atoms with Crippen molar-refractivity contribution in [1.82, 2.24) is 0 Å². The highest BCUT2D eigenvalue weighted by Crippen LogP contribution is 2.19. The Labute approximate surface area is 121 Å². The van der Waals surface area contributed by atoms with Crippen LogP contribution in [0.15, 0.2) is 48.5 Å². The van der Waals surface area contributed by atoms with E-state index >= 15 is 0 Å². The number of thioether (sulfide) groups is 1. The average Bonchev–Trinajstić information content (AvgIpc) is 2.41. The summed E-state index contributed by atoms with van der Waals surface area (Å²) in [5.74, 6) is 0.890. The number of hydrogen-bond donors (Lipinski definition) is 1. The van der Waals surface area contributed by atoms with E-state index in [1.54, 1.807) is 23.9 Å². The molecule has 0 aliphatic rings. The van der Waals surface area contributed by atoms with Crippen molar-refractivity contribution in [3.8, 4) is 0 Å². The number of halogens is 1. The Bertz CT molecular complexity index is 549. The molecule has 0 amide bonds. The highest BCUT2D eigenvalue weighted by Gasteiger charge is 2.02. The van der Waals surface area contributed by atoms with Crippen LogP contribution in [0.25, 0.3) is 0 Å². The third-order valence-corrected chi connectivity index (χ3v) is 3.98. The topological polar surface area (TPSA) is 37.3 Å². The molecule has 1 N–H and O–H groups in total. The minimum atomic E-state index is -0.889. The maximum absolute atomic E-state index is 10.7. The van der Waals surface area contributed by atoms with Crippen molar-refractivity contribution < 1.29 is 9.90 Å². The number of carboxylic acid groups (broad SMARTS) is 1. The molecule has 2 aromatic carbocycles. The first-order valence-corrected chi connectivity index (χ1v) is 7.33. The van der Waals surface area contributed by atoms with E-state index in [-0.39, 0.29) is 0 Å². The minimum Gasteiger partial charge on any atom is -0.478 e. The average molecular weight is 293 g/mol. The van der Waals surface area contributed by atoms with Crippen LogP contribution in [-0.2, 0) is 11.5 Å². The first-order valence-electron chi connectivity index (χ1n) is 5.79. The van der Waals surface area contributed by atoms with Crippen molar-refractivity contribution in [1.29, 1.82) is 0 Å². The van der Waals surface area contributed by atoms with Crippen LogP contribution in [0.1, 0.15) is 21.5 Å². The second-order valence-corrected chi connectivity index (χ2v) is 5.54. The lowest BCUT2D eigenvalue weighted by Gasteiger charge is -2.03. The molecular weight excluding hydrogens is 280 g/mol. The molecule has 0 saturated carbocycles. The molecule has 0 saturated heterocycles. The lowest BCUT2D eigenvalue weighted by molar-refractivity contribution is 0.0697. The van der Waals surface area contributed by atoms with Gasteiger partial charge in [-0.05, 0) is 35.4 Å². The lowest BCUT2D eigenvalue weighted by Crippen LogP contribution is -1.95. The summed E-state index contributed by atoms with van der Waals surface area (Å²) >= 11 is 7.62. The molecule has 0 aliphatic carbocycles. The summed E-state index contributed by atoms with van der Waals surface area (Å²) in [5.41, 5.74) is 2.69. The van der Waals surface area contributed by atoms with E-state index in [1.807, 2.05) is 36.4 Å². The highest BCUT2D eigenvalue weighted by molar-refractivity contribution is 7.97. The monoisotopic (exact) mass is 292 g/mol. The number of aromatic carboxylic acids is 1. The Hall–Kier alpha value is -1.45. The SMILES string of the molecule is O=C(O)c1ccc(CSCc2ccc(Cl)cc2)cc1. The van der Waals surface area contributed by atoms with Crippen molar-refractivity contribution in [2.75, 3.05) is 0 Å². The second kappa shape index (κ2) is 6.64. The van der Waals surface area contributed by atoms with Gasteiger partial charge in [0, 0.05) is 16.5 Å². The van der Waals surface area contributed by atoms with E-state index in [1.165, 1.54) is 5.56 Å². The van der Waals surface area contributed by atoms with Crippen molar-refractivity contribution in [3.63, 3.8) is 0 Å². The number of carboxylic acids is 1. The molecule has 0 aromatic heterocycles. The summed E-state index contributed by atoms with van der Waals surface area (Å²) in [6, 6.07) is 14.8. The van der Waals surface area contributed by atoms with Crippen molar-refractivity contribution in [2.24, 2.45) is 0 Å². The van der Waals surface area contributed by atoms with Gasteiger partial charge in [-0.25, -0.2) is 4.79 Å². The molecule has 2 rings (SSSR count). The summed E-state index contributed by atoms with van der Waals surface area (Å²) in [4.78, 5) is 10.7. The van der Waals surface area contributed by atoms with Crippen LogP contribution in [0, 0.1) is 0 Å². The van der Waals surface area contributed by atoms with Gasteiger partial charge in [-0.3, -0.25) is 0 Å². The number of carbonyl (C=O) groups is 1. The highest BCUT2D eigenvalue weighted by atomic mass is 35.5. The Morgan fingerprint density at radius 2 is 1.42 bits per heavy atom. The van der Waals surface area contributed by atoms with Gasteiger partial charge in [-0.15, -0.1) is 0 Å². The third-order valence-electron chi connectivity index (χ3n) is 2.65. The van der Waals surface area contributed by atoms with Gasteiger partial charge in [0.1, 0.15) is 0 Å². The Morgan fingerprint density at radius 1 is 0.947 bits per heavy atom. The quantitative estimate of drug-likeness (QED) is 0.883. The van der Waals surface area contributed by atoms with Gasteiger partial charge in [0.2, 0.25) is 0 Å². The normalized spacial score (nSPS) is 10.4. The molecule has 2 aromatic rings. The minimum absolute atomic E-state index is 0.325. The fourth-order valence-electron chi connectivity index (χ4n) is 1.61. The van der Waals surface area contributed by atoms with Crippen LogP contribution in [0.5, 0.6) is 0 Å². The first kappa shape index (κ1) is 14.0. The van der Waals surface area contributed by atoms with Crippen LogP contribution in [0.3, 0.4) is 0 Å². The number of rotatable bonds is 5. The molecule has 0 heterocycles. The van der Waals surface area contributed by atoms with Gasteiger partial charge < -0.3 is 5.11 Å². The number of benzene rings is 2. The van der Waals surface area contributed by atoms with Crippen molar-refractivity contribution in [2.45, 2.75) is 11.5 Å². The fourth-order valence-corrected chi connectivity index (χ4v) is 2.70. The van der Waals surface area contributed by atoms with Crippen LogP contribution in [-0.4, -0.2) is 11.1 Å². The predicted molar refractivity (Wildman–Crippen MR) is 79.9 cm³/mol. The van der Waals surface area contributed by atoms with Crippen molar-refractivity contribution >= 4 is 29.3 Å². The van der Waals surface area contributed by atoms with E-state index in [9.17, 15) is 4.79 Å². The summed E-state index contributed by atoms with van der Waals surface area (Å²) in [5, 5.41) is 9.56. The van der Waals surface area contributed by atoms with Gasteiger partial charge in [0.05, 0.1) is 5.56 Å². The van der Waals surface area contributed by atoms with Crippen molar-refractivity contribution in [3.05, 3.63) is 70.2 Å². The van der Waals surface area contributed by atoms with E-state index < -0.39 is 5.97 Å². The zero-order valence-corrected chi connectivity index (χ0v) is 11.7. The zero-order valence-electron chi connectivity index (χ0n) is 10.2. The largest absolute Gasteiger partial charge is 0.478 e. The van der Waals surface area contributed by atoms with E-state index in [0.717, 1.165) is 22.1 Å². The standard InChI is InChI=1S/C15H13ClO2S/c16-14-7-3-12(4-8-14)10-19-9-11-1-5-13(6-2-11)15(17)18/h1-8H,9-10H2,(H,17,18). The lowest BCUT2D eigenvalue weighted by atomic mass is 10.1. The Balaban J connectivity index is 1.85. The maximum Gasteiger partial charge on any atom is 0.335 e. The van der Waals surface area contributed by atoms with Gasteiger partial charge in [-0.2, -0.15) is 11.8 Å². The van der Waals surface area contributed by atoms with Crippen LogP contribution < -0.4 is 0 Å². The van der Waals surface area contributed by atoms with Gasteiger partial charge in [-0.1, -0.05) is 35.9 Å². The summed E-state index contributed by atoms with van der Waals surface area (Å²) in [7, 11) is 0. The Kier molecular flexibility index (Phi) is 4.88. The smallest absolute Gasteiger partial charge is 0.335 e. The zero-order chi connectivity index (χ0) is 13.7. The molecule has 0 spiro atoms. The molecule has 2 nitrogen and oxygen atoms in total. The second-order valence-electron chi connectivity index (χ2n) is 4.12. The third kappa shape index (κ3) is 4.30. The molecule has 0 bridgehead atoms. The van der Waals surface area contributed by atoms with Gasteiger partial charge >= 0.3 is 5.97 Å². The molecule has 98 valence electrons. The molecule has 0 atom stereocenters. The van der Waals surface area contributed by atoms with Crippen LogP contribution >= 0.6 is 23.4 Å². The van der Waals surface area contributed by atoms with E-state index in [2.05, 4.69) is 0 Å². The molecular formula is C15H13ClO2S. The molecule has 0 fully saturated rings. The Morgan fingerprint density at radius 3 is 1.89 bits per heavy atom. The van der Waals surface area contributed by atoms with Crippen LogP contribution in [0.2, 0.25) is 5.02 Å². The summed E-state index contributed by atoms with van der Waals surface area (Å²) < 4.78 is 0. The summed E-state index contributed by atoms with van der Waals surface area (Å²) in [6.45, 7) is 0. The first-order chi connectivity index (χ1) is 9.15. The molecule has 4 heteroatoms. The number of hydrogen-bond acceptors (Lipinski definition) is 2. The maximum atomic E-state index is 10.7. The van der Waals surface area contributed by atoms with Gasteiger partial charge in [0.25, 0.3) is 0 Å². The van der Waals surface area contributed by atoms with Gasteiger partial charge in [0.15, 0.2) is 0 Å². The molecule has 19 heavy (non-hydrogen) atoms. The molecule has 0 unspecified atom stereocenters. The fraction of sp³-hybridized carbons (Fsp3) is 0.133. The van der Waals surface area contributed by atoms with E-state index in [0.29, 0.717) is 5.56 Å². The predicted octanol–water partition coefficient (Wildman–Crippen LogP) is 4.47. The van der Waals surface area contributed by atoms with E-state index in [4.69, 9.17) is 16.7 Å². The summed E-state index contributed by atoms with van der Waals surface area (Å²) in [6.07, 6.45) is 0. The van der Waals surface area contributed by atoms with Crippen LogP contribution in [0.4, 0.5) is 0 Å².